The third kappa shape index (κ3) is 7.58. The molecule has 4 rings (SSSR count). The Labute approximate surface area is 209 Å². The van der Waals surface area contributed by atoms with E-state index in [1.54, 1.807) is 0 Å². The van der Waals surface area contributed by atoms with Crippen LogP contribution in [0.5, 0.6) is 0 Å². The SMILES string of the molecule is CN(C)CCN1CCCC1C1NOC(CCC(=O)NCCCNC2NNC(=O)C3CCCCC23)N1. The van der Waals surface area contributed by atoms with Crippen molar-refractivity contribution in [2.45, 2.75) is 82.4 Å². The van der Waals surface area contributed by atoms with Crippen molar-refractivity contribution in [3.05, 3.63) is 0 Å². The second kappa shape index (κ2) is 13.3. The molecule has 200 valence electrons. The van der Waals surface area contributed by atoms with E-state index in [1.165, 1.54) is 12.8 Å². The van der Waals surface area contributed by atoms with Crippen LogP contribution in [-0.2, 0) is 14.4 Å². The molecule has 1 saturated carbocycles. The van der Waals surface area contributed by atoms with Gasteiger partial charge in [0.25, 0.3) is 0 Å². The standard InChI is InChI=1S/C24H46N8O3/c1-31(2)15-16-32-14-5-9-19(32)23-27-21(35-30-23)11-10-20(33)25-12-6-13-26-22-17-7-3-4-8-18(17)24(34)29-28-22/h17-19,21-23,26-28,30H,3-16H2,1-2H3,(H,25,33)(H,29,34). The van der Waals surface area contributed by atoms with Gasteiger partial charge in [-0.3, -0.25) is 30.1 Å². The van der Waals surface area contributed by atoms with Crippen molar-refractivity contribution in [1.29, 1.82) is 0 Å². The zero-order valence-corrected chi connectivity index (χ0v) is 21.5. The highest BCUT2D eigenvalue weighted by Crippen LogP contribution is 2.33. The summed E-state index contributed by atoms with van der Waals surface area (Å²) < 4.78 is 0. The van der Waals surface area contributed by atoms with Gasteiger partial charge in [-0.2, -0.15) is 5.48 Å². The van der Waals surface area contributed by atoms with Crippen molar-refractivity contribution in [1.82, 2.24) is 42.1 Å². The summed E-state index contributed by atoms with van der Waals surface area (Å²) in [5.41, 5.74) is 9.11. The number of hydrazine groups is 1. The predicted molar refractivity (Wildman–Crippen MR) is 133 cm³/mol. The van der Waals surface area contributed by atoms with E-state index in [4.69, 9.17) is 4.84 Å². The topological polar surface area (TPSA) is 122 Å². The number of hydrogen-bond acceptors (Lipinski definition) is 9. The van der Waals surface area contributed by atoms with Crippen molar-refractivity contribution < 1.29 is 14.4 Å². The maximum Gasteiger partial charge on any atom is 0.237 e. The fourth-order valence-corrected chi connectivity index (χ4v) is 5.95. The summed E-state index contributed by atoms with van der Waals surface area (Å²) in [6.45, 7) is 4.68. The average Bonchev–Trinajstić information content (AvgIpc) is 3.52. The van der Waals surface area contributed by atoms with E-state index in [2.05, 4.69) is 56.2 Å². The van der Waals surface area contributed by atoms with Gasteiger partial charge < -0.3 is 15.5 Å². The summed E-state index contributed by atoms with van der Waals surface area (Å²) in [5, 5.41) is 10.1. The van der Waals surface area contributed by atoms with Crippen LogP contribution in [0.3, 0.4) is 0 Å². The van der Waals surface area contributed by atoms with Crippen molar-refractivity contribution in [3.8, 4) is 0 Å². The van der Waals surface area contributed by atoms with Crippen LogP contribution < -0.4 is 32.3 Å². The monoisotopic (exact) mass is 494 g/mol. The number of hydroxylamine groups is 1. The molecular weight excluding hydrogens is 448 g/mol. The molecular formula is C24H46N8O3. The number of carbonyl (C=O) groups is 2. The maximum atomic E-state index is 12.3. The lowest BCUT2D eigenvalue weighted by Gasteiger charge is -2.41. The number of likely N-dealkylation sites (N-methyl/N-ethyl adjacent to an activating group) is 1. The van der Waals surface area contributed by atoms with E-state index in [9.17, 15) is 9.59 Å². The van der Waals surface area contributed by atoms with E-state index in [0.29, 0.717) is 31.3 Å². The summed E-state index contributed by atoms with van der Waals surface area (Å²) in [6, 6.07) is 0.428. The third-order valence-corrected chi connectivity index (χ3v) is 7.94. The van der Waals surface area contributed by atoms with Gasteiger partial charge in [-0.25, -0.2) is 5.43 Å². The average molecular weight is 495 g/mol. The zero-order chi connectivity index (χ0) is 24.6. The Morgan fingerprint density at radius 1 is 1.17 bits per heavy atom. The first-order valence-electron chi connectivity index (χ1n) is 13.6. The van der Waals surface area contributed by atoms with Crippen molar-refractivity contribution in [2.75, 3.05) is 46.8 Å². The molecule has 11 nitrogen and oxygen atoms in total. The van der Waals surface area contributed by atoms with E-state index >= 15 is 0 Å². The predicted octanol–water partition coefficient (Wildman–Crippen LogP) is -0.568. The van der Waals surface area contributed by atoms with Gasteiger partial charge >= 0.3 is 0 Å². The van der Waals surface area contributed by atoms with Gasteiger partial charge in [0, 0.05) is 43.9 Å². The summed E-state index contributed by atoms with van der Waals surface area (Å²) in [6.07, 6.45) is 8.79. The van der Waals surface area contributed by atoms with Gasteiger partial charge in [-0.05, 0) is 65.7 Å². The molecule has 3 aliphatic heterocycles. The van der Waals surface area contributed by atoms with Gasteiger partial charge in [0.2, 0.25) is 11.8 Å². The minimum absolute atomic E-state index is 0.0581. The number of carbonyl (C=O) groups excluding carboxylic acids is 2. The lowest BCUT2D eigenvalue weighted by Crippen LogP contribution is -2.64. The number of fused-ring (bicyclic) bond motifs is 1. The molecule has 0 spiro atoms. The van der Waals surface area contributed by atoms with Crippen LogP contribution in [0.15, 0.2) is 0 Å². The Morgan fingerprint density at radius 2 is 2.03 bits per heavy atom. The van der Waals surface area contributed by atoms with Crippen molar-refractivity contribution in [3.63, 3.8) is 0 Å². The Bertz CT molecular complexity index is 696. The molecule has 0 aromatic carbocycles. The highest BCUT2D eigenvalue weighted by atomic mass is 16.7. The lowest BCUT2D eigenvalue weighted by atomic mass is 9.76. The molecule has 0 radical (unpaired) electrons. The minimum atomic E-state index is -0.139. The van der Waals surface area contributed by atoms with Crippen LogP contribution in [0.25, 0.3) is 0 Å². The van der Waals surface area contributed by atoms with E-state index in [0.717, 1.165) is 58.3 Å². The highest BCUT2D eigenvalue weighted by molar-refractivity contribution is 5.79. The van der Waals surface area contributed by atoms with E-state index in [-0.39, 0.29) is 36.3 Å². The molecule has 0 aromatic rings. The number of nitrogens with zero attached hydrogens (tertiary/aromatic N) is 2. The molecule has 4 fully saturated rings. The van der Waals surface area contributed by atoms with Crippen LogP contribution in [0.2, 0.25) is 0 Å². The second-order valence-corrected chi connectivity index (χ2v) is 10.8. The molecule has 6 unspecified atom stereocenters. The Balaban J connectivity index is 1.06. The Kier molecular flexibility index (Phi) is 10.1. The molecule has 3 saturated heterocycles. The third-order valence-electron chi connectivity index (χ3n) is 7.94. The highest BCUT2D eigenvalue weighted by Gasteiger charge is 2.40. The maximum absolute atomic E-state index is 12.3. The quantitative estimate of drug-likeness (QED) is 0.198. The Hall–Kier alpha value is -1.34. The number of nitrogens with one attached hydrogen (secondary N) is 6. The molecule has 0 bridgehead atoms. The van der Waals surface area contributed by atoms with E-state index < -0.39 is 0 Å². The summed E-state index contributed by atoms with van der Waals surface area (Å²) >= 11 is 0. The molecule has 35 heavy (non-hydrogen) atoms. The summed E-state index contributed by atoms with van der Waals surface area (Å²) in [5.74, 6) is 0.667. The molecule has 4 aliphatic rings. The normalized spacial score (nSPS) is 33.6. The van der Waals surface area contributed by atoms with Crippen LogP contribution in [-0.4, -0.2) is 93.0 Å². The smallest absolute Gasteiger partial charge is 0.237 e. The van der Waals surface area contributed by atoms with Gasteiger partial charge in [-0.15, -0.1) is 0 Å². The molecule has 11 heteroatoms. The van der Waals surface area contributed by atoms with Gasteiger partial charge in [0.15, 0.2) is 0 Å². The first-order valence-corrected chi connectivity index (χ1v) is 13.6. The fraction of sp³-hybridized carbons (Fsp3) is 0.917. The molecule has 2 amide bonds. The minimum Gasteiger partial charge on any atom is -0.356 e. The van der Waals surface area contributed by atoms with Crippen LogP contribution in [0.4, 0.5) is 0 Å². The first kappa shape index (κ1) is 26.7. The summed E-state index contributed by atoms with van der Waals surface area (Å²) in [4.78, 5) is 34.9. The molecule has 1 aliphatic carbocycles. The largest absolute Gasteiger partial charge is 0.356 e. The molecule has 0 aromatic heterocycles. The van der Waals surface area contributed by atoms with Crippen LogP contribution in [0.1, 0.15) is 57.8 Å². The lowest BCUT2D eigenvalue weighted by molar-refractivity contribution is -0.134. The van der Waals surface area contributed by atoms with Crippen molar-refractivity contribution in [2.24, 2.45) is 11.8 Å². The molecule has 3 heterocycles. The van der Waals surface area contributed by atoms with Crippen molar-refractivity contribution >= 4 is 11.8 Å². The van der Waals surface area contributed by atoms with Gasteiger partial charge in [0.1, 0.15) is 6.23 Å². The summed E-state index contributed by atoms with van der Waals surface area (Å²) in [7, 11) is 4.22. The van der Waals surface area contributed by atoms with Gasteiger partial charge in [0.05, 0.1) is 12.3 Å². The zero-order valence-electron chi connectivity index (χ0n) is 21.5. The molecule has 6 N–H and O–H groups in total. The second-order valence-electron chi connectivity index (χ2n) is 10.8. The van der Waals surface area contributed by atoms with Crippen LogP contribution >= 0.6 is 0 Å². The molecule has 6 atom stereocenters. The Morgan fingerprint density at radius 3 is 2.89 bits per heavy atom. The number of likely N-dealkylation sites (tertiary alicyclic amines) is 1. The van der Waals surface area contributed by atoms with Gasteiger partial charge in [-0.1, -0.05) is 12.8 Å². The van der Waals surface area contributed by atoms with E-state index in [1.807, 2.05) is 0 Å². The van der Waals surface area contributed by atoms with Crippen LogP contribution in [0, 0.1) is 11.8 Å². The number of rotatable bonds is 12. The fourth-order valence-electron chi connectivity index (χ4n) is 5.95. The number of amides is 2. The number of hydrogen-bond donors (Lipinski definition) is 6. The first-order chi connectivity index (χ1) is 17.0.